The second-order valence-corrected chi connectivity index (χ2v) is 1.55. The van der Waals surface area contributed by atoms with Crippen LogP contribution in [0.3, 0.4) is 0 Å². The number of hydrogen-bond donors (Lipinski definition) is 1. The topological polar surface area (TPSA) is 20.2 Å². The van der Waals surface area contributed by atoms with Crippen molar-refractivity contribution in [2.45, 2.75) is 0 Å². The summed E-state index contributed by atoms with van der Waals surface area (Å²) >= 11 is 1.33. The van der Waals surface area contributed by atoms with E-state index in [1.807, 2.05) is 0 Å². The molecule has 0 aromatic heterocycles. The van der Waals surface area contributed by atoms with Crippen LogP contribution in [0.4, 0.5) is 0 Å². The van der Waals surface area contributed by atoms with E-state index in [1.54, 1.807) is 4.40 Å². The molecular weight excluding hydrogens is 224 g/mol. The maximum absolute atomic E-state index is 7.84. The van der Waals surface area contributed by atoms with Gasteiger partial charge in [-0.25, -0.2) is 0 Å². The molecule has 4 heavy (non-hydrogen) atoms. The molecule has 0 saturated heterocycles. The van der Waals surface area contributed by atoms with Crippen molar-refractivity contribution in [3.05, 3.63) is 0 Å². The maximum atomic E-state index is 7.84. The van der Waals surface area contributed by atoms with Crippen LogP contribution < -0.4 is 0 Å². The van der Waals surface area contributed by atoms with Gasteiger partial charge in [-0.1, -0.05) is 0 Å². The average molecular weight is 228 g/mol. The van der Waals surface area contributed by atoms with Crippen molar-refractivity contribution in [1.29, 1.82) is 0 Å². The average Bonchev–Trinajstić information content (AvgIpc) is 1.37. The first-order valence-corrected chi connectivity index (χ1v) is 2.65. The van der Waals surface area contributed by atoms with Gasteiger partial charge in [0.15, 0.2) is 0 Å². The Kier molecular flexibility index (Phi) is 3.97. The molecule has 0 rings (SSSR count). The molecule has 0 heterocycles. The van der Waals surface area contributed by atoms with E-state index < -0.39 is 0 Å². The van der Waals surface area contributed by atoms with Gasteiger partial charge in [0.05, 0.1) is 0 Å². The van der Waals surface area contributed by atoms with Crippen molar-refractivity contribution in [2.75, 3.05) is 6.61 Å². The third-order valence-electron chi connectivity index (χ3n) is 0.0745. The van der Waals surface area contributed by atoms with E-state index in [4.69, 9.17) is 5.11 Å². The number of hydrogen-bond acceptors (Lipinski definition) is 1. The zero-order valence-corrected chi connectivity index (χ0v) is 5.07. The fraction of sp³-hybridized carbons (Fsp3) is 0.500. The molecule has 0 aromatic carbocycles. The summed E-state index contributed by atoms with van der Waals surface area (Å²) in [5.41, 5.74) is 0. The second kappa shape index (κ2) is 3.52. The molecule has 0 spiro atoms. The Bertz CT molecular complexity index is 20.0. The Balaban J connectivity index is 2.30. The minimum absolute atomic E-state index is 0.231. The van der Waals surface area contributed by atoms with E-state index in [9.17, 15) is 0 Å². The molecule has 0 unspecified atom stereocenters. The summed E-state index contributed by atoms with van der Waals surface area (Å²) < 4.78 is 1.76. The van der Waals surface area contributed by atoms with Crippen LogP contribution >= 0.6 is 0 Å². The van der Waals surface area contributed by atoms with Crippen molar-refractivity contribution in [3.63, 3.8) is 0 Å². The molecular formula is C2H4OW. The Morgan fingerprint density at radius 2 is 2.25 bits per heavy atom. The number of aliphatic hydroxyl groups is 1. The van der Waals surface area contributed by atoms with Gasteiger partial charge in [-0.3, -0.25) is 0 Å². The van der Waals surface area contributed by atoms with Gasteiger partial charge in [0.25, 0.3) is 0 Å². The molecule has 1 N–H and O–H groups in total. The Hall–Kier alpha value is 0.518. The first-order valence-electron chi connectivity index (χ1n) is 0.960. The van der Waals surface area contributed by atoms with Crippen molar-refractivity contribution in [1.82, 2.24) is 0 Å². The summed E-state index contributed by atoms with van der Waals surface area (Å²) in [6.07, 6.45) is 0. The van der Waals surface area contributed by atoms with E-state index in [1.165, 1.54) is 19.4 Å². The van der Waals surface area contributed by atoms with Crippen molar-refractivity contribution in [2.24, 2.45) is 0 Å². The number of rotatable bonds is 1. The summed E-state index contributed by atoms with van der Waals surface area (Å²) in [4.78, 5) is 0. The van der Waals surface area contributed by atoms with Gasteiger partial charge in [-0.05, 0) is 0 Å². The Morgan fingerprint density at radius 3 is 2.25 bits per heavy atom. The van der Waals surface area contributed by atoms with Crippen LogP contribution in [0.25, 0.3) is 0 Å². The molecule has 0 aliphatic carbocycles. The fourth-order valence-electron chi connectivity index (χ4n) is 0. The molecule has 1 nitrogen and oxygen atoms in total. The zero-order valence-electron chi connectivity index (χ0n) is 2.14. The van der Waals surface area contributed by atoms with Gasteiger partial charge in [-0.15, -0.1) is 0 Å². The third-order valence-corrected chi connectivity index (χ3v) is 0.610. The standard InChI is InChI=1S/C2H4O.W/c1-2-3;/h1,3H,2H2;. The molecule has 0 fully saturated rings. The van der Waals surface area contributed by atoms with Gasteiger partial charge < -0.3 is 0 Å². The van der Waals surface area contributed by atoms with Crippen LogP contribution in [-0.4, -0.2) is 16.1 Å². The van der Waals surface area contributed by atoms with Crippen LogP contribution in [0, 0.1) is 0 Å². The summed E-state index contributed by atoms with van der Waals surface area (Å²) in [6, 6.07) is 0. The van der Waals surface area contributed by atoms with Crippen molar-refractivity contribution < 1.29 is 24.5 Å². The molecule has 24 valence electrons. The SMILES string of the molecule is OC[CH]=[W]. The summed E-state index contributed by atoms with van der Waals surface area (Å²) in [7, 11) is 0. The van der Waals surface area contributed by atoms with Gasteiger partial charge in [-0.2, -0.15) is 0 Å². The Labute approximate surface area is 36.1 Å². The zero-order chi connectivity index (χ0) is 3.41. The normalized spacial score (nSPS) is 6.25. The number of aliphatic hydroxyl groups excluding tert-OH is 1. The van der Waals surface area contributed by atoms with Gasteiger partial charge >= 0.3 is 35.5 Å². The monoisotopic (exact) mass is 228 g/mol. The summed E-state index contributed by atoms with van der Waals surface area (Å²) in [5.74, 6) is 0. The van der Waals surface area contributed by atoms with Crippen LogP contribution in [0.2, 0.25) is 0 Å². The van der Waals surface area contributed by atoms with Crippen molar-refractivity contribution in [3.8, 4) is 0 Å². The van der Waals surface area contributed by atoms with Crippen LogP contribution in [0.15, 0.2) is 0 Å². The van der Waals surface area contributed by atoms with Gasteiger partial charge in [0.1, 0.15) is 0 Å². The fourth-order valence-corrected chi connectivity index (χ4v) is 0. The van der Waals surface area contributed by atoms with Gasteiger partial charge in [0, 0.05) is 0 Å². The van der Waals surface area contributed by atoms with Crippen LogP contribution in [-0.2, 0) is 19.4 Å². The predicted octanol–water partition coefficient (Wildman–Crippen LogP) is -0.672. The predicted molar refractivity (Wildman–Crippen MR) is 13.1 cm³/mol. The summed E-state index contributed by atoms with van der Waals surface area (Å²) in [5, 5.41) is 7.84. The molecule has 0 aliphatic rings. The van der Waals surface area contributed by atoms with Crippen LogP contribution in [0.5, 0.6) is 0 Å². The molecule has 0 aromatic rings. The van der Waals surface area contributed by atoms with Crippen LogP contribution in [0.1, 0.15) is 0 Å². The van der Waals surface area contributed by atoms with Crippen molar-refractivity contribution >= 4 is 4.40 Å². The first kappa shape index (κ1) is 4.52. The molecule has 0 atom stereocenters. The first-order chi connectivity index (χ1) is 1.91. The van der Waals surface area contributed by atoms with E-state index >= 15 is 0 Å². The van der Waals surface area contributed by atoms with Gasteiger partial charge in [0.2, 0.25) is 0 Å². The van der Waals surface area contributed by atoms with E-state index in [0.29, 0.717) is 0 Å². The Morgan fingerprint density at radius 1 is 2.00 bits per heavy atom. The molecule has 0 aliphatic heterocycles. The molecule has 0 amide bonds. The molecule has 0 bridgehead atoms. The molecule has 0 saturated carbocycles. The van der Waals surface area contributed by atoms with E-state index in [-0.39, 0.29) is 6.61 Å². The van der Waals surface area contributed by atoms with E-state index in [0.717, 1.165) is 0 Å². The quantitative estimate of drug-likeness (QED) is 0.630. The third kappa shape index (κ3) is 2.52. The minimum atomic E-state index is 0.231. The summed E-state index contributed by atoms with van der Waals surface area (Å²) in [6.45, 7) is 0.231. The van der Waals surface area contributed by atoms with E-state index in [2.05, 4.69) is 0 Å². The second-order valence-electron chi connectivity index (χ2n) is 0.349. The molecule has 0 radical (unpaired) electrons. The molecule has 2 heteroatoms.